The van der Waals surface area contributed by atoms with Gasteiger partial charge in [0.2, 0.25) is 11.9 Å². The first kappa shape index (κ1) is 13.1. The number of benzene rings is 1. The largest absolute Gasteiger partial charge is 0.467 e. The number of hydrogen-bond donors (Lipinski definition) is 2. The molecular weight excluding hydrogens is 242 g/mol. The number of nitrogens with one attached hydrogen (secondary N) is 2. The SMILES string of the molecule is CNc1nc(Nc2ccc(C)c(C)c2)nc(OC)n1. The molecule has 0 atom stereocenters. The number of ether oxygens (including phenoxy) is 1. The maximum atomic E-state index is 5.04. The van der Waals surface area contributed by atoms with E-state index < -0.39 is 0 Å². The van der Waals surface area contributed by atoms with Gasteiger partial charge < -0.3 is 15.4 Å². The smallest absolute Gasteiger partial charge is 0.322 e. The molecule has 0 saturated carbocycles. The fraction of sp³-hybridized carbons (Fsp3) is 0.308. The van der Waals surface area contributed by atoms with Crippen LogP contribution < -0.4 is 15.4 Å². The van der Waals surface area contributed by atoms with Gasteiger partial charge in [-0.05, 0) is 37.1 Å². The number of aryl methyl sites for hydroxylation is 2. The molecule has 0 spiro atoms. The van der Waals surface area contributed by atoms with E-state index in [0.29, 0.717) is 11.9 Å². The van der Waals surface area contributed by atoms with E-state index in [9.17, 15) is 0 Å². The van der Waals surface area contributed by atoms with Crippen molar-refractivity contribution >= 4 is 17.6 Å². The van der Waals surface area contributed by atoms with E-state index in [1.165, 1.54) is 18.2 Å². The first-order valence-electron chi connectivity index (χ1n) is 5.94. The summed E-state index contributed by atoms with van der Waals surface area (Å²) in [6.07, 6.45) is 0. The zero-order valence-corrected chi connectivity index (χ0v) is 11.5. The Balaban J connectivity index is 2.29. The lowest BCUT2D eigenvalue weighted by atomic mass is 10.1. The highest BCUT2D eigenvalue weighted by molar-refractivity contribution is 5.56. The summed E-state index contributed by atoms with van der Waals surface area (Å²) in [4.78, 5) is 12.4. The van der Waals surface area contributed by atoms with Gasteiger partial charge in [0.05, 0.1) is 7.11 Å². The van der Waals surface area contributed by atoms with Crippen LogP contribution in [0.5, 0.6) is 6.01 Å². The summed E-state index contributed by atoms with van der Waals surface area (Å²) in [6, 6.07) is 6.35. The topological polar surface area (TPSA) is 72.0 Å². The second-order valence-corrected chi connectivity index (χ2v) is 4.14. The molecule has 2 aromatic rings. The summed E-state index contributed by atoms with van der Waals surface area (Å²) in [6.45, 7) is 4.14. The van der Waals surface area contributed by atoms with Crippen molar-refractivity contribution in [1.82, 2.24) is 15.0 Å². The molecule has 0 saturated heterocycles. The van der Waals surface area contributed by atoms with Gasteiger partial charge in [-0.15, -0.1) is 0 Å². The van der Waals surface area contributed by atoms with Gasteiger partial charge in [0.25, 0.3) is 0 Å². The third kappa shape index (κ3) is 3.09. The summed E-state index contributed by atoms with van der Waals surface area (Å²) in [5.41, 5.74) is 3.38. The van der Waals surface area contributed by atoms with Crippen LogP contribution in [0.2, 0.25) is 0 Å². The molecule has 2 N–H and O–H groups in total. The quantitative estimate of drug-likeness (QED) is 0.877. The summed E-state index contributed by atoms with van der Waals surface area (Å²) in [5, 5.41) is 6.01. The summed E-state index contributed by atoms with van der Waals surface area (Å²) in [7, 11) is 3.27. The van der Waals surface area contributed by atoms with Crippen LogP contribution in [0.25, 0.3) is 0 Å². The van der Waals surface area contributed by atoms with E-state index in [1.807, 2.05) is 12.1 Å². The molecule has 6 nitrogen and oxygen atoms in total. The molecule has 1 aromatic carbocycles. The van der Waals surface area contributed by atoms with E-state index in [-0.39, 0.29) is 6.01 Å². The number of nitrogens with zero attached hydrogens (tertiary/aromatic N) is 3. The average Bonchev–Trinajstić information content (AvgIpc) is 2.42. The van der Waals surface area contributed by atoms with Gasteiger partial charge in [-0.3, -0.25) is 0 Å². The van der Waals surface area contributed by atoms with Gasteiger partial charge >= 0.3 is 6.01 Å². The minimum absolute atomic E-state index is 0.269. The number of aromatic nitrogens is 3. The lowest BCUT2D eigenvalue weighted by Crippen LogP contribution is -2.05. The molecule has 2 rings (SSSR count). The molecule has 0 unspecified atom stereocenters. The highest BCUT2D eigenvalue weighted by Gasteiger charge is 2.06. The van der Waals surface area contributed by atoms with Gasteiger partial charge in [0, 0.05) is 12.7 Å². The third-order valence-electron chi connectivity index (χ3n) is 2.78. The molecule has 0 bridgehead atoms. The van der Waals surface area contributed by atoms with Crippen LogP contribution in [0, 0.1) is 13.8 Å². The normalized spacial score (nSPS) is 10.1. The first-order chi connectivity index (χ1) is 9.12. The van der Waals surface area contributed by atoms with E-state index >= 15 is 0 Å². The minimum atomic E-state index is 0.269. The van der Waals surface area contributed by atoms with Crippen LogP contribution in [0.4, 0.5) is 17.6 Å². The van der Waals surface area contributed by atoms with Crippen LogP contribution in [0.1, 0.15) is 11.1 Å². The summed E-state index contributed by atoms with van der Waals surface area (Å²) >= 11 is 0. The Morgan fingerprint density at radius 2 is 1.74 bits per heavy atom. The molecule has 0 radical (unpaired) electrons. The summed E-state index contributed by atoms with van der Waals surface area (Å²) in [5.74, 6) is 0.901. The molecule has 0 aliphatic heterocycles. The monoisotopic (exact) mass is 259 g/mol. The molecule has 100 valence electrons. The van der Waals surface area contributed by atoms with Crippen molar-refractivity contribution in [2.75, 3.05) is 24.8 Å². The van der Waals surface area contributed by atoms with E-state index in [4.69, 9.17) is 4.74 Å². The van der Waals surface area contributed by atoms with Crippen molar-refractivity contribution in [1.29, 1.82) is 0 Å². The molecule has 0 fully saturated rings. The van der Waals surface area contributed by atoms with Crippen molar-refractivity contribution in [2.24, 2.45) is 0 Å². The van der Waals surface area contributed by atoms with Crippen LogP contribution in [0.3, 0.4) is 0 Å². The van der Waals surface area contributed by atoms with Crippen LogP contribution >= 0.6 is 0 Å². The van der Waals surface area contributed by atoms with Gasteiger partial charge in [0.1, 0.15) is 0 Å². The number of methoxy groups -OCH3 is 1. The van der Waals surface area contributed by atoms with Gasteiger partial charge in [-0.2, -0.15) is 15.0 Å². The number of anilines is 3. The number of rotatable bonds is 4. The lowest BCUT2D eigenvalue weighted by Gasteiger charge is -2.09. The van der Waals surface area contributed by atoms with Gasteiger partial charge in [-0.1, -0.05) is 6.07 Å². The van der Waals surface area contributed by atoms with Crippen molar-refractivity contribution in [2.45, 2.75) is 13.8 Å². The van der Waals surface area contributed by atoms with Crippen LogP contribution in [-0.2, 0) is 0 Å². The molecule has 0 aliphatic rings. The molecule has 6 heteroatoms. The van der Waals surface area contributed by atoms with Crippen molar-refractivity contribution in [3.63, 3.8) is 0 Å². The standard InChI is InChI=1S/C13H17N5O/c1-8-5-6-10(7-9(8)2)15-12-16-11(14-3)17-13(18-12)19-4/h5-7H,1-4H3,(H2,14,15,16,17,18). The molecule has 0 amide bonds. The second kappa shape index (κ2) is 5.51. The number of hydrogen-bond acceptors (Lipinski definition) is 6. The Morgan fingerprint density at radius 3 is 2.37 bits per heavy atom. The minimum Gasteiger partial charge on any atom is -0.467 e. The molecule has 1 aromatic heterocycles. The molecular formula is C13H17N5O. The second-order valence-electron chi connectivity index (χ2n) is 4.14. The molecule has 19 heavy (non-hydrogen) atoms. The predicted octanol–water partition coefficient (Wildman–Crippen LogP) is 2.28. The van der Waals surface area contributed by atoms with Crippen LogP contribution in [0.15, 0.2) is 18.2 Å². The van der Waals surface area contributed by atoms with E-state index in [2.05, 4.69) is 45.5 Å². The van der Waals surface area contributed by atoms with Crippen molar-refractivity contribution in [3.8, 4) is 6.01 Å². The van der Waals surface area contributed by atoms with Crippen LogP contribution in [-0.4, -0.2) is 29.1 Å². The average molecular weight is 259 g/mol. The maximum Gasteiger partial charge on any atom is 0.322 e. The highest BCUT2D eigenvalue weighted by atomic mass is 16.5. The molecule has 0 aliphatic carbocycles. The highest BCUT2D eigenvalue weighted by Crippen LogP contribution is 2.19. The zero-order chi connectivity index (χ0) is 13.8. The zero-order valence-electron chi connectivity index (χ0n) is 11.5. The Bertz CT molecular complexity index is 563. The fourth-order valence-electron chi connectivity index (χ4n) is 1.56. The van der Waals surface area contributed by atoms with Crippen molar-refractivity contribution < 1.29 is 4.74 Å². The Labute approximate surface area is 112 Å². The molecule has 1 heterocycles. The fourth-order valence-corrected chi connectivity index (χ4v) is 1.56. The van der Waals surface area contributed by atoms with Gasteiger partial charge in [0.15, 0.2) is 0 Å². The van der Waals surface area contributed by atoms with Gasteiger partial charge in [-0.25, -0.2) is 0 Å². The Morgan fingerprint density at radius 1 is 1.00 bits per heavy atom. The lowest BCUT2D eigenvalue weighted by molar-refractivity contribution is 0.379. The Hall–Kier alpha value is -2.37. The Kier molecular flexibility index (Phi) is 3.79. The van der Waals surface area contributed by atoms with E-state index in [0.717, 1.165) is 5.69 Å². The first-order valence-corrected chi connectivity index (χ1v) is 5.94. The van der Waals surface area contributed by atoms with E-state index in [1.54, 1.807) is 7.05 Å². The van der Waals surface area contributed by atoms with Crippen molar-refractivity contribution in [3.05, 3.63) is 29.3 Å². The summed E-state index contributed by atoms with van der Waals surface area (Å²) < 4.78 is 5.04. The third-order valence-corrected chi connectivity index (χ3v) is 2.78. The maximum absolute atomic E-state index is 5.04. The predicted molar refractivity (Wildman–Crippen MR) is 75.1 cm³/mol.